The lowest BCUT2D eigenvalue weighted by molar-refractivity contribution is -0.154. The van der Waals surface area contributed by atoms with Gasteiger partial charge in [-0.25, -0.2) is 4.98 Å². The van der Waals surface area contributed by atoms with Crippen LogP contribution in [0, 0.1) is 18.8 Å². The number of anilines is 2. The summed E-state index contributed by atoms with van der Waals surface area (Å²) in [5.74, 6) is 1.21. The van der Waals surface area contributed by atoms with E-state index in [1.54, 1.807) is 12.3 Å². The van der Waals surface area contributed by atoms with E-state index < -0.39 is 12.8 Å². The molecule has 0 spiro atoms. The molecule has 0 amide bonds. The molecule has 4 heterocycles. The van der Waals surface area contributed by atoms with E-state index in [2.05, 4.69) is 25.3 Å². The average Bonchev–Trinajstić information content (AvgIpc) is 3.25. The highest BCUT2D eigenvalue weighted by Crippen LogP contribution is 2.40. The average molecular weight is 467 g/mol. The fraction of sp³-hybridized carbons (Fsp3) is 0.476. The lowest BCUT2D eigenvalue weighted by Crippen LogP contribution is -2.48. The summed E-state index contributed by atoms with van der Waals surface area (Å²) < 4.78 is 44.1. The second-order valence-electron chi connectivity index (χ2n) is 8.44. The molecule has 32 heavy (non-hydrogen) atoms. The van der Waals surface area contributed by atoms with Crippen molar-refractivity contribution in [1.82, 2.24) is 19.6 Å². The van der Waals surface area contributed by atoms with E-state index in [0.717, 1.165) is 37.2 Å². The number of hydrogen-bond donors (Lipinski definition) is 1. The molecule has 170 valence electrons. The number of piperidine rings is 1. The molecule has 3 aromatic rings. The normalized spacial score (nSPS) is 23.0. The summed E-state index contributed by atoms with van der Waals surface area (Å²) in [5.41, 5.74) is 2.34. The molecule has 1 aliphatic carbocycles. The van der Waals surface area contributed by atoms with Crippen molar-refractivity contribution in [2.45, 2.75) is 32.0 Å². The highest BCUT2D eigenvalue weighted by molar-refractivity contribution is 6.29. The Morgan fingerprint density at radius 1 is 1.19 bits per heavy atom. The molecule has 7 nitrogen and oxygen atoms in total. The third kappa shape index (κ3) is 4.15. The monoisotopic (exact) mass is 466 g/mol. The van der Waals surface area contributed by atoms with Gasteiger partial charge in [-0.2, -0.15) is 22.7 Å². The molecule has 2 atom stereocenters. The predicted octanol–water partition coefficient (Wildman–Crippen LogP) is 4.35. The van der Waals surface area contributed by atoms with E-state index in [4.69, 9.17) is 16.3 Å². The van der Waals surface area contributed by atoms with Crippen molar-refractivity contribution >= 4 is 28.9 Å². The van der Waals surface area contributed by atoms with Gasteiger partial charge in [0.25, 0.3) is 0 Å². The first-order chi connectivity index (χ1) is 15.3. The van der Waals surface area contributed by atoms with Crippen molar-refractivity contribution < 1.29 is 17.9 Å². The first kappa shape index (κ1) is 21.1. The fourth-order valence-electron chi connectivity index (χ4n) is 4.80. The summed E-state index contributed by atoms with van der Waals surface area (Å²) >= 11 is 6.06. The highest BCUT2D eigenvalue weighted by atomic mass is 35.5. The Balaban J connectivity index is 1.34. The maximum atomic E-state index is 12.6. The molecule has 2 aliphatic rings. The zero-order valence-corrected chi connectivity index (χ0v) is 18.1. The van der Waals surface area contributed by atoms with Crippen molar-refractivity contribution in [2.75, 3.05) is 29.9 Å². The van der Waals surface area contributed by atoms with Gasteiger partial charge in [-0.05, 0) is 49.3 Å². The third-order valence-electron chi connectivity index (χ3n) is 6.23. The van der Waals surface area contributed by atoms with Crippen molar-refractivity contribution in [3.05, 3.63) is 41.2 Å². The van der Waals surface area contributed by atoms with Gasteiger partial charge in [0.15, 0.2) is 12.3 Å². The lowest BCUT2D eigenvalue weighted by Gasteiger charge is -2.39. The SMILES string of the molecule is Cc1ccc(OCC(F)(F)F)n2nc(NC3C4CCC3CN(c3ccnc(Cl)c3)C4)nc12. The van der Waals surface area contributed by atoms with Crippen LogP contribution < -0.4 is 15.0 Å². The largest absolute Gasteiger partial charge is 0.468 e. The van der Waals surface area contributed by atoms with E-state index in [9.17, 15) is 13.2 Å². The van der Waals surface area contributed by atoms with E-state index in [0.29, 0.717) is 28.6 Å². The van der Waals surface area contributed by atoms with Crippen LogP contribution in [0.4, 0.5) is 24.8 Å². The molecule has 5 rings (SSSR count). The summed E-state index contributed by atoms with van der Waals surface area (Å²) in [4.78, 5) is 10.9. The smallest absolute Gasteiger partial charge is 0.422 e. The number of hydrogen-bond acceptors (Lipinski definition) is 6. The molecule has 2 fully saturated rings. The second-order valence-corrected chi connectivity index (χ2v) is 8.83. The Morgan fingerprint density at radius 3 is 2.62 bits per heavy atom. The molecular formula is C21H22ClF3N6O. The Labute approximate surface area is 187 Å². The topological polar surface area (TPSA) is 67.6 Å². The van der Waals surface area contributed by atoms with Gasteiger partial charge in [-0.1, -0.05) is 17.7 Å². The molecule has 11 heteroatoms. The number of fused-ring (bicyclic) bond motifs is 3. The van der Waals surface area contributed by atoms with Crippen LogP contribution in [0.2, 0.25) is 5.15 Å². The van der Waals surface area contributed by atoms with Crippen LogP contribution in [0.15, 0.2) is 30.5 Å². The first-order valence-corrected chi connectivity index (χ1v) is 10.8. The molecule has 1 aliphatic heterocycles. The van der Waals surface area contributed by atoms with Crippen molar-refractivity contribution in [1.29, 1.82) is 0 Å². The van der Waals surface area contributed by atoms with Gasteiger partial charge in [0, 0.05) is 37.1 Å². The van der Waals surface area contributed by atoms with Gasteiger partial charge >= 0.3 is 6.18 Å². The summed E-state index contributed by atoms with van der Waals surface area (Å²) in [6.45, 7) is 2.21. The van der Waals surface area contributed by atoms with E-state index >= 15 is 0 Å². The number of ether oxygens (including phenoxy) is 1. The Bertz CT molecular complexity index is 1120. The molecule has 0 radical (unpaired) electrons. The summed E-state index contributed by atoms with van der Waals surface area (Å²) in [5, 5.41) is 8.35. The minimum atomic E-state index is -4.43. The van der Waals surface area contributed by atoms with Gasteiger partial charge in [-0.3, -0.25) is 0 Å². The fourth-order valence-corrected chi connectivity index (χ4v) is 4.96. The number of pyridine rings is 2. The number of nitrogens with one attached hydrogen (secondary N) is 1. The number of aromatic nitrogens is 4. The second kappa shape index (κ2) is 7.99. The number of aryl methyl sites for hydroxylation is 1. The van der Waals surface area contributed by atoms with Crippen molar-refractivity contribution in [2.24, 2.45) is 11.8 Å². The molecule has 1 saturated carbocycles. The molecule has 0 aromatic carbocycles. The number of rotatable bonds is 5. The molecule has 3 aromatic heterocycles. The van der Waals surface area contributed by atoms with E-state index in [-0.39, 0.29) is 11.9 Å². The summed E-state index contributed by atoms with van der Waals surface area (Å²) in [6.07, 6.45) is -0.537. The zero-order chi connectivity index (χ0) is 22.5. The molecule has 1 N–H and O–H groups in total. The van der Waals surface area contributed by atoms with Crippen LogP contribution in [0.25, 0.3) is 5.65 Å². The Morgan fingerprint density at radius 2 is 1.94 bits per heavy atom. The number of halogens is 4. The lowest BCUT2D eigenvalue weighted by atomic mass is 9.92. The van der Waals surface area contributed by atoms with Crippen LogP contribution in [0.5, 0.6) is 5.88 Å². The van der Waals surface area contributed by atoms with Gasteiger partial charge in [0.05, 0.1) is 0 Å². The van der Waals surface area contributed by atoms with Gasteiger partial charge in [0.1, 0.15) is 5.15 Å². The summed E-state index contributed by atoms with van der Waals surface area (Å²) in [7, 11) is 0. The quantitative estimate of drug-likeness (QED) is 0.564. The molecule has 2 unspecified atom stereocenters. The van der Waals surface area contributed by atoms with E-state index in [1.165, 1.54) is 10.6 Å². The van der Waals surface area contributed by atoms with Gasteiger partial charge in [-0.15, -0.1) is 5.10 Å². The molecule has 1 saturated heterocycles. The van der Waals surface area contributed by atoms with Gasteiger partial charge < -0.3 is 15.0 Å². The minimum Gasteiger partial charge on any atom is -0.468 e. The molecular weight excluding hydrogens is 445 g/mol. The van der Waals surface area contributed by atoms with E-state index in [1.807, 2.05) is 19.1 Å². The van der Waals surface area contributed by atoms with Crippen LogP contribution in [0.1, 0.15) is 18.4 Å². The molecule has 2 bridgehead atoms. The minimum absolute atomic E-state index is 0.0100. The summed E-state index contributed by atoms with van der Waals surface area (Å²) in [6, 6.07) is 7.20. The van der Waals surface area contributed by atoms with Crippen molar-refractivity contribution in [3.63, 3.8) is 0 Å². The zero-order valence-electron chi connectivity index (χ0n) is 17.3. The maximum Gasteiger partial charge on any atom is 0.422 e. The third-order valence-corrected chi connectivity index (χ3v) is 6.44. The maximum absolute atomic E-state index is 12.6. The van der Waals surface area contributed by atoms with Crippen LogP contribution in [0.3, 0.4) is 0 Å². The highest BCUT2D eigenvalue weighted by Gasteiger charge is 2.42. The van der Waals surface area contributed by atoms with Gasteiger partial charge in [0.2, 0.25) is 11.8 Å². The Kier molecular flexibility index (Phi) is 5.27. The number of nitrogens with zero attached hydrogens (tertiary/aromatic N) is 5. The predicted molar refractivity (Wildman–Crippen MR) is 114 cm³/mol. The first-order valence-electron chi connectivity index (χ1n) is 10.5. The van der Waals surface area contributed by atoms with Crippen LogP contribution >= 0.6 is 11.6 Å². The standard InChI is InChI=1S/C21H22ClF3N6O/c1-12-2-5-17(32-11-21(23,24)25)31-19(12)28-20(29-31)27-18-13-3-4-14(18)10-30(9-13)15-6-7-26-16(22)8-15/h2,5-8,13-14,18H,3-4,9-11H2,1H3,(H,27,29). The Hall–Kier alpha value is -2.75. The van der Waals surface area contributed by atoms with Crippen LogP contribution in [-0.2, 0) is 0 Å². The van der Waals surface area contributed by atoms with Crippen molar-refractivity contribution in [3.8, 4) is 5.88 Å². The number of alkyl halides is 3. The van der Waals surface area contributed by atoms with Crippen LogP contribution in [-0.4, -0.2) is 51.5 Å².